The number of hydrogen-bond donors (Lipinski definition) is 1. The summed E-state index contributed by atoms with van der Waals surface area (Å²) >= 11 is 6.17. The van der Waals surface area contributed by atoms with E-state index in [2.05, 4.69) is 30.2 Å². The Balaban J connectivity index is 1.69. The van der Waals surface area contributed by atoms with Gasteiger partial charge in [0.05, 0.1) is 19.5 Å². The molecule has 3 nitrogen and oxygen atoms in total. The van der Waals surface area contributed by atoms with Crippen molar-refractivity contribution in [1.29, 1.82) is 0 Å². The Bertz CT molecular complexity index is 946. The van der Waals surface area contributed by atoms with E-state index in [1.165, 1.54) is 11.1 Å². The Hall–Kier alpha value is -2.10. The highest BCUT2D eigenvalue weighted by Crippen LogP contribution is 2.34. The van der Waals surface area contributed by atoms with Gasteiger partial charge in [0.15, 0.2) is 0 Å². The summed E-state index contributed by atoms with van der Waals surface area (Å²) in [6, 6.07) is 14.2. The minimum atomic E-state index is 0.340. The first-order chi connectivity index (χ1) is 12.1. The lowest BCUT2D eigenvalue weighted by Gasteiger charge is -2.32. The molecule has 128 valence electrons. The number of benzene rings is 2. The molecule has 2 aromatic carbocycles. The number of H-pyrrole nitrogens is 1. The van der Waals surface area contributed by atoms with Crippen LogP contribution in [0, 0.1) is 6.92 Å². The fourth-order valence-electron chi connectivity index (χ4n) is 4.16. The van der Waals surface area contributed by atoms with E-state index in [-0.39, 0.29) is 0 Å². The molecule has 4 heteroatoms. The average molecular weight is 354 g/mol. The molecule has 25 heavy (non-hydrogen) atoms. The Morgan fingerprint density at radius 1 is 1.20 bits per heavy atom. The zero-order valence-corrected chi connectivity index (χ0v) is 15.1. The SMILES string of the molecule is Cc1ccccc1[N+]1(CCc2c[nH]c3ccc(Cl)cc23)CCCC1=O. The number of nitrogens with one attached hydrogen (secondary N) is 1. The average Bonchev–Trinajstić information content (AvgIpc) is 3.17. The topological polar surface area (TPSA) is 32.9 Å². The summed E-state index contributed by atoms with van der Waals surface area (Å²) in [5, 5.41) is 1.90. The normalized spacial score (nSPS) is 20.5. The summed E-state index contributed by atoms with van der Waals surface area (Å²) < 4.78 is 0.472. The van der Waals surface area contributed by atoms with E-state index in [1.807, 2.05) is 30.3 Å². The van der Waals surface area contributed by atoms with E-state index >= 15 is 0 Å². The second-order valence-corrected chi connectivity index (χ2v) is 7.39. The van der Waals surface area contributed by atoms with Gasteiger partial charge in [-0.2, -0.15) is 0 Å². The fraction of sp³-hybridized carbons (Fsp3) is 0.286. The first-order valence-corrected chi connectivity index (χ1v) is 9.20. The largest absolute Gasteiger partial charge is 0.361 e. The second-order valence-electron chi connectivity index (χ2n) is 6.95. The summed E-state index contributed by atoms with van der Waals surface area (Å²) in [6.45, 7) is 3.79. The number of rotatable bonds is 4. The van der Waals surface area contributed by atoms with Crippen LogP contribution in [-0.2, 0) is 11.2 Å². The van der Waals surface area contributed by atoms with Crippen LogP contribution < -0.4 is 4.48 Å². The van der Waals surface area contributed by atoms with Crippen LogP contribution in [0.5, 0.6) is 0 Å². The predicted octanol–water partition coefficient (Wildman–Crippen LogP) is 5.00. The van der Waals surface area contributed by atoms with Crippen molar-refractivity contribution in [1.82, 2.24) is 9.47 Å². The number of amides is 1. The van der Waals surface area contributed by atoms with E-state index in [0.717, 1.165) is 47.5 Å². The molecule has 1 aliphatic heterocycles. The van der Waals surface area contributed by atoms with Gasteiger partial charge >= 0.3 is 5.91 Å². The van der Waals surface area contributed by atoms with Crippen molar-refractivity contribution >= 4 is 34.1 Å². The molecule has 2 heterocycles. The number of para-hydroxylation sites is 1. The number of carbonyl (C=O) groups excluding carboxylic acids is 1. The monoisotopic (exact) mass is 353 g/mol. The third kappa shape index (κ3) is 2.78. The highest BCUT2D eigenvalue weighted by molar-refractivity contribution is 6.31. The molecule has 1 aromatic heterocycles. The van der Waals surface area contributed by atoms with Crippen molar-refractivity contribution < 1.29 is 4.79 Å². The van der Waals surface area contributed by atoms with Crippen molar-refractivity contribution in [2.75, 3.05) is 13.1 Å². The summed E-state index contributed by atoms with van der Waals surface area (Å²) in [5.41, 5.74) is 4.67. The molecule has 3 aromatic rings. The standard InChI is InChI=1S/C21H22ClN2O/c1-15-5-2-3-6-20(15)24(11-4-7-21(24)25)12-10-16-14-23-19-9-8-17(22)13-18(16)19/h2-3,5-6,8-9,13-14,23H,4,7,10-12H2,1H3/q+1. The van der Waals surface area contributed by atoms with Gasteiger partial charge in [-0.15, -0.1) is 0 Å². The van der Waals surface area contributed by atoms with Gasteiger partial charge < -0.3 is 4.98 Å². The third-order valence-corrected chi connectivity index (χ3v) is 5.71. The maximum atomic E-state index is 12.9. The molecule has 1 saturated heterocycles. The molecular formula is C21H22ClN2O+. The van der Waals surface area contributed by atoms with Gasteiger partial charge in [-0.05, 0) is 36.8 Å². The third-order valence-electron chi connectivity index (χ3n) is 5.48. The van der Waals surface area contributed by atoms with Crippen LogP contribution >= 0.6 is 11.6 Å². The van der Waals surface area contributed by atoms with E-state index in [1.54, 1.807) is 0 Å². The second kappa shape index (κ2) is 6.32. The fourth-order valence-corrected chi connectivity index (χ4v) is 4.34. The van der Waals surface area contributed by atoms with Crippen molar-refractivity contribution in [2.45, 2.75) is 26.2 Å². The quantitative estimate of drug-likeness (QED) is 0.658. The van der Waals surface area contributed by atoms with E-state index < -0.39 is 0 Å². The van der Waals surface area contributed by atoms with Gasteiger partial charge in [0.25, 0.3) is 0 Å². The van der Waals surface area contributed by atoms with Crippen molar-refractivity contribution in [3.8, 4) is 0 Å². The maximum absolute atomic E-state index is 12.9. The minimum Gasteiger partial charge on any atom is -0.361 e. The lowest BCUT2D eigenvalue weighted by atomic mass is 10.1. The van der Waals surface area contributed by atoms with Crippen LogP contribution in [0.3, 0.4) is 0 Å². The molecule has 1 unspecified atom stereocenters. The lowest BCUT2D eigenvalue weighted by molar-refractivity contribution is -0.127. The zero-order valence-electron chi connectivity index (χ0n) is 14.4. The van der Waals surface area contributed by atoms with Gasteiger partial charge in [-0.25, -0.2) is 9.28 Å². The van der Waals surface area contributed by atoms with Crippen molar-refractivity contribution in [3.05, 3.63) is 64.8 Å². The van der Waals surface area contributed by atoms with E-state index in [0.29, 0.717) is 16.8 Å². The Morgan fingerprint density at radius 2 is 2.04 bits per heavy atom. The minimum absolute atomic E-state index is 0.340. The number of carbonyl (C=O) groups is 1. The predicted molar refractivity (Wildman–Crippen MR) is 104 cm³/mol. The first kappa shape index (κ1) is 16.4. The van der Waals surface area contributed by atoms with E-state index in [4.69, 9.17) is 11.6 Å². The molecule has 1 fully saturated rings. The molecule has 1 amide bonds. The maximum Gasteiger partial charge on any atom is 0.318 e. The first-order valence-electron chi connectivity index (χ1n) is 8.82. The molecule has 0 bridgehead atoms. The molecule has 1 N–H and O–H groups in total. The van der Waals surface area contributed by atoms with Crippen molar-refractivity contribution in [2.24, 2.45) is 0 Å². The van der Waals surface area contributed by atoms with Crippen LogP contribution in [0.25, 0.3) is 10.9 Å². The number of aryl methyl sites for hydroxylation is 1. The number of hydrogen-bond acceptors (Lipinski definition) is 1. The van der Waals surface area contributed by atoms with E-state index in [9.17, 15) is 4.79 Å². The number of likely N-dealkylation sites (tertiary alicyclic amines) is 1. The molecule has 4 rings (SSSR count). The Kier molecular flexibility index (Phi) is 4.14. The summed E-state index contributed by atoms with van der Waals surface area (Å²) in [6.07, 6.45) is 4.54. The van der Waals surface area contributed by atoms with Gasteiger partial charge in [-0.1, -0.05) is 29.8 Å². The van der Waals surface area contributed by atoms with Crippen LogP contribution in [0.2, 0.25) is 5.02 Å². The molecule has 1 atom stereocenters. The number of aromatic amines is 1. The van der Waals surface area contributed by atoms with Crippen LogP contribution in [0.15, 0.2) is 48.7 Å². The summed E-state index contributed by atoms with van der Waals surface area (Å²) in [4.78, 5) is 16.2. The summed E-state index contributed by atoms with van der Waals surface area (Å²) in [5.74, 6) is 0.340. The zero-order chi connectivity index (χ0) is 17.4. The lowest BCUT2D eigenvalue weighted by Crippen LogP contribution is -2.52. The number of aromatic nitrogens is 1. The molecular weight excluding hydrogens is 332 g/mol. The molecule has 0 radical (unpaired) electrons. The molecule has 1 aliphatic rings. The highest BCUT2D eigenvalue weighted by atomic mass is 35.5. The number of nitrogens with zero attached hydrogens (tertiary/aromatic N) is 1. The summed E-state index contributed by atoms with van der Waals surface area (Å²) in [7, 11) is 0. The van der Waals surface area contributed by atoms with Gasteiger partial charge in [0, 0.05) is 40.5 Å². The van der Waals surface area contributed by atoms with Gasteiger partial charge in [0.2, 0.25) is 0 Å². The van der Waals surface area contributed by atoms with Crippen LogP contribution in [-0.4, -0.2) is 24.0 Å². The molecule has 0 saturated carbocycles. The number of quaternary nitrogens is 1. The van der Waals surface area contributed by atoms with Crippen LogP contribution in [0.4, 0.5) is 5.69 Å². The highest BCUT2D eigenvalue weighted by Gasteiger charge is 2.43. The van der Waals surface area contributed by atoms with Gasteiger partial charge in [0.1, 0.15) is 5.69 Å². The smallest absolute Gasteiger partial charge is 0.318 e. The molecule has 0 aliphatic carbocycles. The molecule has 0 spiro atoms. The Morgan fingerprint density at radius 3 is 2.80 bits per heavy atom. The van der Waals surface area contributed by atoms with Crippen molar-refractivity contribution in [3.63, 3.8) is 0 Å². The Labute approximate surface area is 152 Å². The van der Waals surface area contributed by atoms with Crippen LogP contribution in [0.1, 0.15) is 24.0 Å². The van der Waals surface area contributed by atoms with Gasteiger partial charge in [-0.3, -0.25) is 0 Å². The number of halogens is 1. The number of fused-ring (bicyclic) bond motifs is 1.